The topological polar surface area (TPSA) is 73.1 Å². The molecule has 0 aromatic carbocycles. The molecule has 9 heteroatoms. The zero-order valence-corrected chi connectivity index (χ0v) is 14.4. The molecule has 22 heavy (non-hydrogen) atoms. The highest BCUT2D eigenvalue weighted by Gasteiger charge is 2.49. The van der Waals surface area contributed by atoms with Crippen molar-refractivity contribution in [1.82, 2.24) is 4.98 Å². The van der Waals surface area contributed by atoms with Gasteiger partial charge in [-0.15, -0.1) is 0 Å². The lowest BCUT2D eigenvalue weighted by atomic mass is 9.74. The number of pyridine rings is 1. The molecule has 0 aliphatic heterocycles. The maximum Gasteiger partial charge on any atom is 0.250 e. The standard InChI is InChI=1S/C13H16BrF3N2O2S/c1-12(2,22(18)21)7-13(5-6-20,11(16)17)10-8(15)3-4-9(14)19-10/h3-4,6,11H,5,7,18H2,1-2H3/t13-,22?/m1/s1. The molecule has 1 rings (SSSR count). The molecule has 0 fully saturated rings. The highest BCUT2D eigenvalue weighted by molar-refractivity contribution is 9.10. The van der Waals surface area contributed by atoms with Crippen LogP contribution in [0.3, 0.4) is 0 Å². The van der Waals surface area contributed by atoms with Gasteiger partial charge in [-0.1, -0.05) is 0 Å². The number of halogens is 4. The molecule has 1 unspecified atom stereocenters. The lowest BCUT2D eigenvalue weighted by molar-refractivity contribution is -0.111. The minimum atomic E-state index is -3.09. The van der Waals surface area contributed by atoms with Gasteiger partial charge < -0.3 is 4.79 Å². The highest BCUT2D eigenvalue weighted by Crippen LogP contribution is 2.42. The van der Waals surface area contributed by atoms with E-state index in [2.05, 4.69) is 20.9 Å². The fourth-order valence-corrected chi connectivity index (χ4v) is 2.98. The normalized spacial score (nSPS) is 16.4. The molecule has 2 N–H and O–H groups in total. The van der Waals surface area contributed by atoms with E-state index in [9.17, 15) is 22.2 Å². The van der Waals surface area contributed by atoms with Crippen molar-refractivity contribution in [3.8, 4) is 0 Å². The van der Waals surface area contributed by atoms with Gasteiger partial charge in [-0.3, -0.25) is 5.14 Å². The van der Waals surface area contributed by atoms with E-state index in [-0.39, 0.29) is 10.9 Å². The monoisotopic (exact) mass is 400 g/mol. The Balaban J connectivity index is 3.54. The second-order valence-electron chi connectivity index (χ2n) is 5.53. The summed E-state index contributed by atoms with van der Waals surface area (Å²) in [5.41, 5.74) is -2.74. The predicted octanol–water partition coefficient (Wildman–Crippen LogP) is 2.87. The average Bonchev–Trinajstić information content (AvgIpc) is 2.40. The van der Waals surface area contributed by atoms with Crippen molar-refractivity contribution >= 4 is 33.2 Å². The number of carbonyl (C=O) groups excluding carboxylic acids is 1. The van der Waals surface area contributed by atoms with Crippen LogP contribution in [0.5, 0.6) is 0 Å². The third-order valence-electron chi connectivity index (χ3n) is 3.43. The third-order valence-corrected chi connectivity index (χ3v) is 5.11. The number of nitrogens with zero attached hydrogens (tertiary/aromatic N) is 1. The largest absolute Gasteiger partial charge is 0.303 e. The van der Waals surface area contributed by atoms with Crippen molar-refractivity contribution in [2.24, 2.45) is 5.14 Å². The van der Waals surface area contributed by atoms with Gasteiger partial charge in [0.25, 0.3) is 0 Å². The third kappa shape index (κ3) is 3.94. The second-order valence-corrected chi connectivity index (χ2v) is 8.04. The Morgan fingerprint density at radius 1 is 1.45 bits per heavy atom. The van der Waals surface area contributed by atoms with E-state index in [4.69, 9.17) is 5.14 Å². The molecular formula is C13H16BrF3N2O2S. The zero-order chi connectivity index (χ0) is 17.1. The van der Waals surface area contributed by atoms with Crippen LogP contribution in [-0.2, 0) is 21.2 Å². The summed E-state index contributed by atoms with van der Waals surface area (Å²) in [7, 11) is -1.94. The van der Waals surface area contributed by atoms with Crippen LogP contribution in [0.1, 0.15) is 32.4 Å². The van der Waals surface area contributed by atoms with Gasteiger partial charge >= 0.3 is 0 Å². The molecule has 2 atom stereocenters. The molecule has 0 saturated heterocycles. The number of rotatable bonds is 7. The van der Waals surface area contributed by atoms with Crippen LogP contribution in [0.4, 0.5) is 13.2 Å². The number of aromatic nitrogens is 1. The molecule has 0 aliphatic rings. The van der Waals surface area contributed by atoms with Crippen molar-refractivity contribution in [1.29, 1.82) is 0 Å². The van der Waals surface area contributed by atoms with Gasteiger partial charge in [0.15, 0.2) is 0 Å². The first kappa shape index (κ1) is 19.2. The van der Waals surface area contributed by atoms with E-state index in [0.717, 1.165) is 6.07 Å². The molecule has 0 bridgehead atoms. The molecular weight excluding hydrogens is 385 g/mol. The Morgan fingerprint density at radius 2 is 2.05 bits per heavy atom. The van der Waals surface area contributed by atoms with Gasteiger partial charge in [-0.2, -0.15) is 0 Å². The van der Waals surface area contributed by atoms with E-state index >= 15 is 0 Å². The first-order valence-corrected chi connectivity index (χ1v) is 8.28. The fourth-order valence-electron chi connectivity index (χ4n) is 2.27. The van der Waals surface area contributed by atoms with Crippen molar-refractivity contribution in [2.75, 3.05) is 0 Å². The van der Waals surface area contributed by atoms with Crippen molar-refractivity contribution < 1.29 is 22.2 Å². The van der Waals surface area contributed by atoms with Crippen molar-refractivity contribution in [3.63, 3.8) is 0 Å². The predicted molar refractivity (Wildman–Crippen MR) is 81.3 cm³/mol. The molecule has 4 nitrogen and oxygen atoms in total. The Labute approximate surface area is 137 Å². The van der Waals surface area contributed by atoms with Gasteiger partial charge in [0.05, 0.1) is 26.8 Å². The Hall–Kier alpha value is -0.800. The first-order valence-electron chi connectivity index (χ1n) is 6.27. The number of hydrogen-bond acceptors (Lipinski definition) is 3. The first-order chi connectivity index (χ1) is 10.1. The van der Waals surface area contributed by atoms with E-state index in [1.807, 2.05) is 0 Å². The average molecular weight is 401 g/mol. The van der Waals surface area contributed by atoms with E-state index in [0.29, 0.717) is 0 Å². The van der Waals surface area contributed by atoms with Crippen molar-refractivity contribution in [3.05, 3.63) is 28.2 Å². The van der Waals surface area contributed by atoms with Crippen LogP contribution in [0.2, 0.25) is 0 Å². The molecule has 1 heterocycles. The maximum atomic E-state index is 14.1. The summed E-state index contributed by atoms with van der Waals surface area (Å²) in [4.78, 5) is 14.7. The van der Waals surface area contributed by atoms with Crippen LogP contribution in [0.25, 0.3) is 0 Å². The lowest BCUT2D eigenvalue weighted by Crippen LogP contribution is -2.46. The fraction of sp³-hybridized carbons (Fsp3) is 0.538. The summed E-state index contributed by atoms with van der Waals surface area (Å²) in [6, 6.07) is 2.25. The molecule has 0 saturated carbocycles. The van der Waals surface area contributed by atoms with Gasteiger partial charge in [0.1, 0.15) is 16.7 Å². The molecule has 0 spiro atoms. The highest BCUT2D eigenvalue weighted by atomic mass is 79.9. The summed E-state index contributed by atoms with van der Waals surface area (Å²) in [5.74, 6) is -0.955. The number of carbonyl (C=O) groups is 1. The number of alkyl halides is 2. The van der Waals surface area contributed by atoms with Crippen LogP contribution < -0.4 is 5.14 Å². The molecule has 0 aliphatic carbocycles. The van der Waals surface area contributed by atoms with E-state index < -0.39 is 51.9 Å². The van der Waals surface area contributed by atoms with E-state index in [1.54, 1.807) is 0 Å². The van der Waals surface area contributed by atoms with Crippen LogP contribution >= 0.6 is 15.9 Å². The molecule has 0 radical (unpaired) electrons. The zero-order valence-electron chi connectivity index (χ0n) is 12.0. The molecule has 1 aromatic rings. The summed E-state index contributed by atoms with van der Waals surface area (Å²) in [5, 5.41) is 5.34. The minimum absolute atomic E-state index is 0.159. The summed E-state index contributed by atoms with van der Waals surface area (Å²) in [6.45, 7) is 2.84. The van der Waals surface area contributed by atoms with Crippen LogP contribution in [0.15, 0.2) is 16.7 Å². The van der Waals surface area contributed by atoms with Gasteiger partial charge in [-0.25, -0.2) is 22.4 Å². The molecule has 1 aromatic heterocycles. The Bertz CT molecular complexity index is 586. The Morgan fingerprint density at radius 3 is 2.50 bits per heavy atom. The molecule has 124 valence electrons. The quantitative estimate of drug-likeness (QED) is 0.564. The van der Waals surface area contributed by atoms with Gasteiger partial charge in [0, 0.05) is 6.42 Å². The number of nitrogens with two attached hydrogens (primary N) is 1. The summed E-state index contributed by atoms with van der Waals surface area (Å²) >= 11 is 3.00. The number of aldehydes is 1. The smallest absolute Gasteiger partial charge is 0.250 e. The van der Waals surface area contributed by atoms with E-state index in [1.165, 1.54) is 19.9 Å². The molecule has 0 amide bonds. The second kappa shape index (κ2) is 7.18. The van der Waals surface area contributed by atoms with Gasteiger partial charge in [0.2, 0.25) is 6.43 Å². The lowest BCUT2D eigenvalue weighted by Gasteiger charge is -2.37. The number of hydrogen-bond donors (Lipinski definition) is 1. The minimum Gasteiger partial charge on any atom is -0.303 e. The summed E-state index contributed by atoms with van der Waals surface area (Å²) in [6.07, 6.45) is -3.92. The van der Waals surface area contributed by atoms with Gasteiger partial charge in [-0.05, 0) is 48.3 Å². The van der Waals surface area contributed by atoms with Crippen LogP contribution in [-0.4, -0.2) is 26.7 Å². The Kier molecular flexibility index (Phi) is 6.28. The van der Waals surface area contributed by atoms with Crippen molar-refractivity contribution in [2.45, 2.75) is 43.3 Å². The van der Waals surface area contributed by atoms with Crippen LogP contribution in [0, 0.1) is 5.82 Å². The summed E-state index contributed by atoms with van der Waals surface area (Å²) < 4.78 is 52.2. The SMILES string of the molecule is CC(C)(C[C@](CC=O)(c1nc(Br)ccc1F)C(F)F)S(N)=O. The maximum absolute atomic E-state index is 14.1.